The summed E-state index contributed by atoms with van der Waals surface area (Å²) in [5, 5.41) is 3.28. The number of rotatable bonds is 5. The minimum absolute atomic E-state index is 0.0183. The molecule has 0 saturated heterocycles. The molecule has 0 saturated carbocycles. The van der Waals surface area contributed by atoms with Crippen LogP contribution in [0.15, 0.2) is 59.5 Å². The molecule has 1 atom stereocenters. The lowest BCUT2D eigenvalue weighted by Gasteiger charge is -2.20. The molecule has 0 aromatic heterocycles. The zero-order valence-electron chi connectivity index (χ0n) is 12.4. The van der Waals surface area contributed by atoms with Crippen molar-refractivity contribution in [2.45, 2.75) is 17.9 Å². The first-order chi connectivity index (χ1) is 9.93. The van der Waals surface area contributed by atoms with E-state index in [-0.39, 0.29) is 10.9 Å². The molecule has 2 rings (SSSR count). The lowest BCUT2D eigenvalue weighted by Crippen LogP contribution is -2.23. The summed E-state index contributed by atoms with van der Waals surface area (Å²) in [5.74, 6) is 0. The Morgan fingerprint density at radius 2 is 1.52 bits per heavy atom. The Hall–Kier alpha value is -1.85. The van der Waals surface area contributed by atoms with Gasteiger partial charge in [-0.1, -0.05) is 42.5 Å². The molecule has 5 heteroatoms. The molecule has 2 aromatic rings. The van der Waals surface area contributed by atoms with Crippen molar-refractivity contribution in [3.05, 3.63) is 60.2 Å². The van der Waals surface area contributed by atoms with Gasteiger partial charge in [-0.25, -0.2) is 12.7 Å². The highest BCUT2D eigenvalue weighted by atomic mass is 32.2. The molecule has 112 valence electrons. The van der Waals surface area contributed by atoms with Crippen LogP contribution < -0.4 is 5.32 Å². The first-order valence-electron chi connectivity index (χ1n) is 6.76. The Bertz CT molecular complexity index is 697. The van der Waals surface area contributed by atoms with Crippen LogP contribution in [0.4, 0.5) is 5.69 Å². The van der Waals surface area contributed by atoms with Crippen LogP contribution in [0.1, 0.15) is 18.5 Å². The maximum Gasteiger partial charge on any atom is 0.244 e. The van der Waals surface area contributed by atoms with Gasteiger partial charge in [0.05, 0.1) is 5.69 Å². The summed E-state index contributed by atoms with van der Waals surface area (Å²) >= 11 is 0. The standard InChI is InChI=1S/C16H20N2O2S/c1-13(14-9-5-4-6-10-14)17-15-11-7-8-12-16(15)21(19,20)18(2)3/h4-13,17H,1-3H3. The molecule has 0 fully saturated rings. The first kappa shape index (κ1) is 15.5. The van der Waals surface area contributed by atoms with E-state index >= 15 is 0 Å². The monoisotopic (exact) mass is 304 g/mol. The van der Waals surface area contributed by atoms with Crippen molar-refractivity contribution in [2.24, 2.45) is 0 Å². The summed E-state index contributed by atoms with van der Waals surface area (Å²) in [7, 11) is -0.396. The van der Waals surface area contributed by atoms with Crippen LogP contribution in [0, 0.1) is 0 Å². The van der Waals surface area contributed by atoms with Gasteiger partial charge in [-0.2, -0.15) is 0 Å². The Labute approximate surface area is 126 Å². The molecular formula is C16H20N2O2S. The lowest BCUT2D eigenvalue weighted by molar-refractivity contribution is 0.521. The molecule has 0 radical (unpaired) electrons. The summed E-state index contributed by atoms with van der Waals surface area (Å²) in [6.07, 6.45) is 0. The SMILES string of the molecule is CC(Nc1ccccc1S(=O)(=O)N(C)C)c1ccccc1. The molecule has 0 spiro atoms. The van der Waals surface area contributed by atoms with Gasteiger partial charge in [0.2, 0.25) is 10.0 Å². The lowest BCUT2D eigenvalue weighted by atomic mass is 10.1. The summed E-state index contributed by atoms with van der Waals surface area (Å²) in [6, 6.07) is 16.9. The van der Waals surface area contributed by atoms with Gasteiger partial charge in [-0.3, -0.25) is 0 Å². The van der Waals surface area contributed by atoms with Crippen molar-refractivity contribution in [2.75, 3.05) is 19.4 Å². The van der Waals surface area contributed by atoms with Crippen LogP contribution in [-0.4, -0.2) is 26.8 Å². The third kappa shape index (κ3) is 3.43. The minimum atomic E-state index is -3.46. The minimum Gasteiger partial charge on any atom is -0.377 e. The summed E-state index contributed by atoms with van der Waals surface area (Å²) < 4.78 is 25.9. The number of nitrogens with one attached hydrogen (secondary N) is 1. The van der Waals surface area contributed by atoms with Crippen LogP contribution in [0.2, 0.25) is 0 Å². The van der Waals surface area contributed by atoms with Crippen LogP contribution in [0.25, 0.3) is 0 Å². The van der Waals surface area contributed by atoms with E-state index < -0.39 is 10.0 Å². The molecular weight excluding hydrogens is 284 g/mol. The molecule has 0 aliphatic heterocycles. The highest BCUT2D eigenvalue weighted by molar-refractivity contribution is 7.89. The van der Waals surface area contributed by atoms with E-state index in [1.54, 1.807) is 18.2 Å². The Morgan fingerprint density at radius 1 is 0.952 bits per heavy atom. The van der Waals surface area contributed by atoms with E-state index in [1.165, 1.54) is 18.4 Å². The average molecular weight is 304 g/mol. The zero-order chi connectivity index (χ0) is 15.5. The van der Waals surface area contributed by atoms with Crippen molar-refractivity contribution in [3.8, 4) is 0 Å². The molecule has 4 nitrogen and oxygen atoms in total. The normalized spacial score (nSPS) is 13.1. The fourth-order valence-electron chi connectivity index (χ4n) is 2.07. The second kappa shape index (κ2) is 6.28. The number of hydrogen-bond donors (Lipinski definition) is 1. The van der Waals surface area contributed by atoms with E-state index in [2.05, 4.69) is 5.32 Å². The van der Waals surface area contributed by atoms with Crippen molar-refractivity contribution >= 4 is 15.7 Å². The summed E-state index contributed by atoms with van der Waals surface area (Å²) in [6.45, 7) is 2.01. The third-order valence-corrected chi connectivity index (χ3v) is 5.19. The van der Waals surface area contributed by atoms with Crippen LogP contribution >= 0.6 is 0 Å². The molecule has 0 heterocycles. The van der Waals surface area contributed by atoms with Gasteiger partial charge in [-0.15, -0.1) is 0 Å². The topological polar surface area (TPSA) is 49.4 Å². The summed E-state index contributed by atoms with van der Waals surface area (Å²) in [4.78, 5) is 0.290. The summed E-state index contributed by atoms with van der Waals surface area (Å²) in [5.41, 5.74) is 1.72. The molecule has 2 aromatic carbocycles. The van der Waals surface area contributed by atoms with Gasteiger partial charge in [0, 0.05) is 20.1 Å². The predicted molar refractivity (Wildman–Crippen MR) is 85.8 cm³/mol. The zero-order valence-corrected chi connectivity index (χ0v) is 13.3. The molecule has 0 aliphatic rings. The Morgan fingerprint density at radius 3 is 2.14 bits per heavy atom. The molecule has 21 heavy (non-hydrogen) atoms. The molecule has 0 aliphatic carbocycles. The number of nitrogens with zero attached hydrogens (tertiary/aromatic N) is 1. The van der Waals surface area contributed by atoms with E-state index in [1.807, 2.05) is 43.3 Å². The molecule has 1 unspecified atom stereocenters. The van der Waals surface area contributed by atoms with E-state index in [4.69, 9.17) is 0 Å². The quantitative estimate of drug-likeness (QED) is 0.923. The maximum absolute atomic E-state index is 12.4. The van der Waals surface area contributed by atoms with E-state index in [0.717, 1.165) is 5.56 Å². The largest absolute Gasteiger partial charge is 0.377 e. The molecule has 1 N–H and O–H groups in total. The predicted octanol–water partition coefficient (Wildman–Crippen LogP) is 3.11. The van der Waals surface area contributed by atoms with Gasteiger partial charge in [0.1, 0.15) is 4.90 Å². The molecule has 0 bridgehead atoms. The van der Waals surface area contributed by atoms with Crippen molar-refractivity contribution in [3.63, 3.8) is 0 Å². The highest BCUT2D eigenvalue weighted by Gasteiger charge is 2.21. The fraction of sp³-hybridized carbons (Fsp3) is 0.250. The second-order valence-electron chi connectivity index (χ2n) is 5.06. The van der Waals surface area contributed by atoms with Crippen LogP contribution in [0.5, 0.6) is 0 Å². The van der Waals surface area contributed by atoms with Gasteiger partial charge >= 0.3 is 0 Å². The highest BCUT2D eigenvalue weighted by Crippen LogP contribution is 2.27. The second-order valence-corrected chi connectivity index (χ2v) is 7.18. The van der Waals surface area contributed by atoms with E-state index in [9.17, 15) is 8.42 Å². The van der Waals surface area contributed by atoms with Gasteiger partial charge in [-0.05, 0) is 24.6 Å². The number of benzene rings is 2. The van der Waals surface area contributed by atoms with E-state index in [0.29, 0.717) is 5.69 Å². The Kier molecular flexibility index (Phi) is 4.65. The fourth-order valence-corrected chi connectivity index (χ4v) is 3.11. The number of anilines is 1. The number of hydrogen-bond acceptors (Lipinski definition) is 3. The van der Waals surface area contributed by atoms with Crippen LogP contribution in [0.3, 0.4) is 0 Å². The molecule has 0 amide bonds. The third-order valence-electron chi connectivity index (χ3n) is 3.32. The average Bonchev–Trinajstić information content (AvgIpc) is 2.48. The number of para-hydroxylation sites is 1. The van der Waals surface area contributed by atoms with Crippen molar-refractivity contribution < 1.29 is 8.42 Å². The Balaban J connectivity index is 2.34. The smallest absolute Gasteiger partial charge is 0.244 e. The van der Waals surface area contributed by atoms with Gasteiger partial charge < -0.3 is 5.32 Å². The maximum atomic E-state index is 12.4. The number of sulfonamides is 1. The van der Waals surface area contributed by atoms with Gasteiger partial charge in [0.25, 0.3) is 0 Å². The van der Waals surface area contributed by atoms with Crippen molar-refractivity contribution in [1.82, 2.24) is 4.31 Å². The van der Waals surface area contributed by atoms with Gasteiger partial charge in [0.15, 0.2) is 0 Å². The first-order valence-corrected chi connectivity index (χ1v) is 8.20. The van der Waals surface area contributed by atoms with Crippen molar-refractivity contribution in [1.29, 1.82) is 0 Å². The van der Waals surface area contributed by atoms with Crippen LogP contribution in [-0.2, 0) is 10.0 Å².